The summed E-state index contributed by atoms with van der Waals surface area (Å²) in [6, 6.07) is 8.26. The van der Waals surface area contributed by atoms with E-state index in [1.54, 1.807) is 0 Å². The van der Waals surface area contributed by atoms with Gasteiger partial charge >= 0.3 is 6.03 Å². The molecule has 1 saturated carbocycles. The van der Waals surface area contributed by atoms with Crippen molar-refractivity contribution >= 4 is 6.03 Å². The molecule has 0 unspecified atom stereocenters. The molecule has 1 aliphatic rings. The Morgan fingerprint density at radius 2 is 2.19 bits per heavy atom. The Morgan fingerprint density at radius 1 is 1.38 bits per heavy atom. The predicted octanol–water partition coefficient (Wildman–Crippen LogP) is 2.56. The van der Waals surface area contributed by atoms with Gasteiger partial charge in [0.05, 0.1) is 6.10 Å². The van der Waals surface area contributed by atoms with Crippen LogP contribution in [-0.4, -0.2) is 30.3 Å². The summed E-state index contributed by atoms with van der Waals surface area (Å²) >= 11 is 0. The Balaban J connectivity index is 1.68. The molecule has 3 atom stereocenters. The van der Waals surface area contributed by atoms with Crippen molar-refractivity contribution in [2.24, 2.45) is 5.92 Å². The van der Waals surface area contributed by atoms with Gasteiger partial charge in [0.25, 0.3) is 0 Å². The maximum Gasteiger partial charge on any atom is 0.314 e. The lowest BCUT2D eigenvalue weighted by Gasteiger charge is -2.15. The average molecular weight is 290 g/mol. The molecular weight excluding hydrogens is 264 g/mol. The number of rotatable bonds is 5. The number of aryl methyl sites for hydroxylation is 1. The van der Waals surface area contributed by atoms with Gasteiger partial charge in [-0.15, -0.1) is 0 Å². The van der Waals surface area contributed by atoms with E-state index in [0.29, 0.717) is 24.9 Å². The first-order valence-electron chi connectivity index (χ1n) is 7.81. The first-order chi connectivity index (χ1) is 10.0. The fourth-order valence-corrected chi connectivity index (χ4v) is 2.87. The van der Waals surface area contributed by atoms with Crippen molar-refractivity contribution in [1.82, 2.24) is 10.6 Å². The summed E-state index contributed by atoms with van der Waals surface area (Å²) in [5.74, 6) is 0.712. The smallest absolute Gasteiger partial charge is 0.314 e. The number of aliphatic hydroxyl groups is 1. The van der Waals surface area contributed by atoms with Crippen molar-refractivity contribution in [3.63, 3.8) is 0 Å². The van der Waals surface area contributed by atoms with Crippen molar-refractivity contribution in [2.45, 2.75) is 45.1 Å². The molecule has 116 valence electrons. The van der Waals surface area contributed by atoms with Gasteiger partial charge in [-0.3, -0.25) is 0 Å². The highest BCUT2D eigenvalue weighted by molar-refractivity contribution is 5.73. The minimum absolute atomic E-state index is 0.115. The topological polar surface area (TPSA) is 61.4 Å². The number of carbonyl (C=O) groups is 1. The van der Waals surface area contributed by atoms with Crippen LogP contribution in [0.4, 0.5) is 4.79 Å². The Morgan fingerprint density at radius 3 is 2.86 bits per heavy atom. The van der Waals surface area contributed by atoms with Crippen LogP contribution in [0, 0.1) is 12.8 Å². The number of hydrogen-bond acceptors (Lipinski definition) is 2. The number of aliphatic hydroxyl groups excluding tert-OH is 1. The maximum atomic E-state index is 11.8. The zero-order valence-electron chi connectivity index (χ0n) is 12.9. The fourth-order valence-electron chi connectivity index (χ4n) is 2.87. The van der Waals surface area contributed by atoms with Crippen LogP contribution < -0.4 is 10.6 Å². The summed E-state index contributed by atoms with van der Waals surface area (Å²) in [5.41, 5.74) is 2.48. The second kappa shape index (κ2) is 7.46. The summed E-state index contributed by atoms with van der Waals surface area (Å²) < 4.78 is 0. The number of benzene rings is 1. The second-order valence-corrected chi connectivity index (χ2v) is 6.24. The van der Waals surface area contributed by atoms with Crippen LogP contribution in [0.15, 0.2) is 24.3 Å². The molecule has 0 saturated heterocycles. The first kappa shape index (κ1) is 15.8. The van der Waals surface area contributed by atoms with Crippen LogP contribution in [0.1, 0.15) is 43.2 Å². The van der Waals surface area contributed by atoms with Gasteiger partial charge in [-0.25, -0.2) is 4.79 Å². The molecule has 1 fully saturated rings. The molecule has 0 heterocycles. The third kappa shape index (κ3) is 5.05. The number of carbonyl (C=O) groups excluding carboxylic acids is 1. The van der Waals surface area contributed by atoms with Gasteiger partial charge < -0.3 is 15.7 Å². The van der Waals surface area contributed by atoms with E-state index in [1.165, 1.54) is 11.1 Å². The fraction of sp³-hybridized carbons (Fsp3) is 0.588. The van der Waals surface area contributed by atoms with Gasteiger partial charge in [0.2, 0.25) is 0 Å². The molecule has 2 amide bonds. The lowest BCUT2D eigenvalue weighted by Crippen LogP contribution is -2.39. The first-order valence-corrected chi connectivity index (χ1v) is 7.81. The van der Waals surface area contributed by atoms with Crippen LogP contribution in [0.25, 0.3) is 0 Å². The molecule has 3 N–H and O–H groups in total. The molecule has 2 rings (SSSR count). The van der Waals surface area contributed by atoms with Crippen molar-refractivity contribution < 1.29 is 9.90 Å². The third-order valence-electron chi connectivity index (χ3n) is 4.24. The molecule has 0 spiro atoms. The second-order valence-electron chi connectivity index (χ2n) is 6.24. The van der Waals surface area contributed by atoms with E-state index in [-0.39, 0.29) is 12.1 Å². The van der Waals surface area contributed by atoms with Gasteiger partial charge in [-0.05, 0) is 43.6 Å². The lowest BCUT2D eigenvalue weighted by atomic mass is 9.99. The van der Waals surface area contributed by atoms with Gasteiger partial charge in [0.1, 0.15) is 0 Å². The molecule has 21 heavy (non-hydrogen) atoms. The normalized spacial score (nSPS) is 22.8. The van der Waals surface area contributed by atoms with E-state index in [9.17, 15) is 9.90 Å². The summed E-state index contributed by atoms with van der Waals surface area (Å²) in [6.45, 7) is 5.47. The molecular formula is C17H26N2O2. The quantitative estimate of drug-likeness (QED) is 0.780. The predicted molar refractivity (Wildman–Crippen MR) is 84.3 cm³/mol. The maximum absolute atomic E-state index is 11.8. The van der Waals surface area contributed by atoms with Crippen molar-refractivity contribution in [2.75, 3.05) is 13.1 Å². The van der Waals surface area contributed by atoms with E-state index in [0.717, 1.165) is 19.3 Å². The molecule has 1 aromatic carbocycles. The molecule has 4 nitrogen and oxygen atoms in total. The number of hydrogen-bond donors (Lipinski definition) is 3. The van der Waals surface area contributed by atoms with E-state index in [1.807, 2.05) is 6.07 Å². The van der Waals surface area contributed by atoms with E-state index >= 15 is 0 Å². The highest BCUT2D eigenvalue weighted by Crippen LogP contribution is 2.24. The summed E-state index contributed by atoms with van der Waals surface area (Å²) in [6.07, 6.45) is 2.49. The summed E-state index contributed by atoms with van der Waals surface area (Å²) in [7, 11) is 0. The van der Waals surface area contributed by atoms with Crippen LogP contribution in [0.5, 0.6) is 0 Å². The molecule has 0 aliphatic heterocycles. The SMILES string of the molecule is Cc1cccc([C@H](C)CNC(=O)NC[C@@H]2CC[C@H](O)C2)c1. The Bertz CT molecular complexity index is 476. The molecule has 0 radical (unpaired) electrons. The highest BCUT2D eigenvalue weighted by atomic mass is 16.3. The largest absolute Gasteiger partial charge is 0.393 e. The molecule has 4 heteroatoms. The van der Waals surface area contributed by atoms with Gasteiger partial charge in [0, 0.05) is 13.1 Å². The van der Waals surface area contributed by atoms with Crippen LogP contribution in [0.2, 0.25) is 0 Å². The van der Waals surface area contributed by atoms with Crippen LogP contribution in [0.3, 0.4) is 0 Å². The number of amides is 2. The van der Waals surface area contributed by atoms with Gasteiger partial charge in [-0.2, -0.15) is 0 Å². The van der Waals surface area contributed by atoms with Crippen molar-refractivity contribution in [3.8, 4) is 0 Å². The Hall–Kier alpha value is -1.55. The standard InChI is InChI=1S/C17H26N2O2/c1-12-4-3-5-15(8-12)13(2)10-18-17(21)19-11-14-6-7-16(20)9-14/h3-5,8,13-14,16,20H,6-7,9-11H2,1-2H3,(H2,18,19,21)/t13-,14-,16+/m1/s1. The van der Waals surface area contributed by atoms with Gasteiger partial charge in [-0.1, -0.05) is 36.8 Å². The van der Waals surface area contributed by atoms with Crippen LogP contribution >= 0.6 is 0 Å². The number of urea groups is 1. The van der Waals surface area contributed by atoms with Crippen LogP contribution in [-0.2, 0) is 0 Å². The third-order valence-corrected chi connectivity index (χ3v) is 4.24. The molecule has 1 aromatic rings. The minimum Gasteiger partial charge on any atom is -0.393 e. The monoisotopic (exact) mass is 290 g/mol. The van der Waals surface area contributed by atoms with E-state index < -0.39 is 0 Å². The Kier molecular flexibility index (Phi) is 5.62. The zero-order chi connectivity index (χ0) is 15.2. The minimum atomic E-state index is -0.179. The number of nitrogens with one attached hydrogen (secondary N) is 2. The summed E-state index contributed by atoms with van der Waals surface area (Å²) in [5, 5.41) is 15.3. The van der Waals surface area contributed by atoms with E-state index in [2.05, 4.69) is 42.7 Å². The lowest BCUT2D eigenvalue weighted by molar-refractivity contribution is 0.177. The molecule has 0 aromatic heterocycles. The highest BCUT2D eigenvalue weighted by Gasteiger charge is 2.22. The molecule has 1 aliphatic carbocycles. The van der Waals surface area contributed by atoms with Crippen molar-refractivity contribution in [1.29, 1.82) is 0 Å². The van der Waals surface area contributed by atoms with E-state index in [4.69, 9.17) is 0 Å². The van der Waals surface area contributed by atoms with Gasteiger partial charge in [0.15, 0.2) is 0 Å². The average Bonchev–Trinajstić information content (AvgIpc) is 2.88. The zero-order valence-corrected chi connectivity index (χ0v) is 12.9. The Labute approximate surface area is 126 Å². The van der Waals surface area contributed by atoms with Crippen molar-refractivity contribution in [3.05, 3.63) is 35.4 Å². The summed E-state index contributed by atoms with van der Waals surface area (Å²) in [4.78, 5) is 11.8. The molecule has 0 bridgehead atoms.